The fourth-order valence-corrected chi connectivity index (χ4v) is 4.13. The van der Waals surface area contributed by atoms with E-state index in [-0.39, 0.29) is 5.56 Å². The van der Waals surface area contributed by atoms with Crippen LogP contribution in [0.25, 0.3) is 16.9 Å². The van der Waals surface area contributed by atoms with Gasteiger partial charge in [0.25, 0.3) is 5.56 Å². The predicted octanol–water partition coefficient (Wildman–Crippen LogP) is 1.21. The molecular weight excluding hydrogens is 406 g/mol. The van der Waals surface area contributed by atoms with Crippen LogP contribution in [0.4, 0.5) is 5.82 Å². The molecular formula is C22H25N9O. The summed E-state index contributed by atoms with van der Waals surface area (Å²) in [5, 5.41) is 9.98. The number of aromatic nitrogens is 7. The van der Waals surface area contributed by atoms with E-state index in [1.165, 1.54) is 4.68 Å². The van der Waals surface area contributed by atoms with Crippen molar-refractivity contribution in [1.29, 1.82) is 0 Å². The molecule has 4 aromatic heterocycles. The molecule has 1 saturated heterocycles. The van der Waals surface area contributed by atoms with Gasteiger partial charge >= 0.3 is 0 Å². The lowest BCUT2D eigenvalue weighted by atomic mass is 10.2. The molecule has 0 N–H and O–H groups in total. The van der Waals surface area contributed by atoms with Crippen molar-refractivity contribution in [2.45, 2.75) is 20.4 Å². The molecule has 4 aromatic rings. The highest BCUT2D eigenvalue weighted by atomic mass is 16.1. The largest absolute Gasteiger partial charge is 0.353 e. The molecule has 0 amide bonds. The normalized spacial score (nSPS) is 14.9. The highest BCUT2D eigenvalue weighted by molar-refractivity contribution is 5.86. The highest BCUT2D eigenvalue weighted by Crippen LogP contribution is 2.22. The Morgan fingerprint density at radius 3 is 2.56 bits per heavy atom. The second-order valence-electron chi connectivity index (χ2n) is 7.99. The Bertz CT molecular complexity index is 1300. The Kier molecular flexibility index (Phi) is 5.36. The fourth-order valence-electron chi connectivity index (χ4n) is 4.13. The first-order valence-corrected chi connectivity index (χ1v) is 10.7. The van der Waals surface area contributed by atoms with E-state index in [2.05, 4.69) is 34.9 Å². The second-order valence-corrected chi connectivity index (χ2v) is 7.99. The molecule has 164 valence electrons. The van der Waals surface area contributed by atoms with Gasteiger partial charge in [-0.2, -0.15) is 5.10 Å². The van der Waals surface area contributed by atoms with Crippen LogP contribution in [0.2, 0.25) is 0 Å². The third kappa shape index (κ3) is 3.96. The van der Waals surface area contributed by atoms with E-state index in [1.807, 2.05) is 32.0 Å². The molecule has 0 unspecified atom stereocenters. The molecule has 1 aliphatic heterocycles. The van der Waals surface area contributed by atoms with Crippen LogP contribution in [0.3, 0.4) is 0 Å². The summed E-state index contributed by atoms with van der Waals surface area (Å²) >= 11 is 0. The van der Waals surface area contributed by atoms with E-state index in [4.69, 9.17) is 0 Å². The van der Waals surface area contributed by atoms with Crippen molar-refractivity contribution < 1.29 is 0 Å². The molecule has 0 radical (unpaired) electrons. The highest BCUT2D eigenvalue weighted by Gasteiger charge is 2.20. The lowest BCUT2D eigenvalue weighted by molar-refractivity contribution is 0.242. The van der Waals surface area contributed by atoms with Gasteiger partial charge in [0.1, 0.15) is 12.1 Å². The average molecular weight is 432 g/mol. The Morgan fingerprint density at radius 2 is 1.78 bits per heavy atom. The minimum Gasteiger partial charge on any atom is -0.353 e. The van der Waals surface area contributed by atoms with Crippen molar-refractivity contribution >= 4 is 16.9 Å². The topological polar surface area (TPSA) is 97.9 Å². The van der Waals surface area contributed by atoms with E-state index in [0.717, 1.165) is 55.3 Å². The molecule has 0 aromatic carbocycles. The first-order valence-electron chi connectivity index (χ1n) is 10.7. The molecule has 1 aliphatic rings. The Hall–Kier alpha value is -3.66. The molecule has 0 atom stereocenters. The first-order chi connectivity index (χ1) is 15.6. The lowest BCUT2D eigenvalue weighted by Crippen LogP contribution is -2.48. The summed E-state index contributed by atoms with van der Waals surface area (Å²) in [6.45, 7) is 8.70. The quantitative estimate of drug-likeness (QED) is 0.465. The number of anilines is 1. The first kappa shape index (κ1) is 20.3. The third-order valence-electron chi connectivity index (χ3n) is 5.77. The van der Waals surface area contributed by atoms with Crippen LogP contribution in [-0.2, 0) is 6.54 Å². The number of pyridine rings is 1. The monoisotopic (exact) mass is 431 g/mol. The van der Waals surface area contributed by atoms with Crippen molar-refractivity contribution in [3.63, 3.8) is 0 Å². The average Bonchev–Trinajstić information content (AvgIpc) is 3.16. The smallest absolute Gasteiger partial charge is 0.266 e. The van der Waals surface area contributed by atoms with Crippen LogP contribution in [0.5, 0.6) is 0 Å². The molecule has 0 bridgehead atoms. The van der Waals surface area contributed by atoms with Gasteiger partial charge in [0.2, 0.25) is 0 Å². The summed E-state index contributed by atoms with van der Waals surface area (Å²) in [6.07, 6.45) is 3.32. The zero-order valence-corrected chi connectivity index (χ0v) is 18.2. The molecule has 32 heavy (non-hydrogen) atoms. The van der Waals surface area contributed by atoms with Crippen LogP contribution in [0, 0.1) is 13.8 Å². The molecule has 1 fully saturated rings. The Morgan fingerprint density at radius 1 is 0.938 bits per heavy atom. The van der Waals surface area contributed by atoms with Gasteiger partial charge < -0.3 is 4.90 Å². The van der Waals surface area contributed by atoms with Gasteiger partial charge in [-0.15, -0.1) is 5.10 Å². The maximum absolute atomic E-state index is 12.4. The molecule has 5 heterocycles. The number of piperazine rings is 1. The second kappa shape index (κ2) is 8.46. The standard InChI is InChI=1S/C22H25N9O/c1-16-14-17(2)31(26-16)19-5-6-20(32)30(27-19)13-10-28-8-11-29(12-9-28)22-18-4-3-7-23-21(18)24-15-25-22/h3-7,14-15H,8-13H2,1-2H3. The van der Waals surface area contributed by atoms with Gasteiger partial charge in [0, 0.05) is 50.7 Å². The molecule has 5 rings (SSSR count). The van der Waals surface area contributed by atoms with E-state index < -0.39 is 0 Å². The number of fused-ring (bicyclic) bond motifs is 1. The number of hydrogen-bond donors (Lipinski definition) is 0. The van der Waals surface area contributed by atoms with Crippen molar-refractivity contribution in [2.75, 3.05) is 37.6 Å². The van der Waals surface area contributed by atoms with Gasteiger partial charge in [0.15, 0.2) is 11.5 Å². The van der Waals surface area contributed by atoms with Crippen LogP contribution in [0.1, 0.15) is 11.4 Å². The van der Waals surface area contributed by atoms with E-state index >= 15 is 0 Å². The number of aryl methyl sites for hydroxylation is 2. The number of nitrogens with zero attached hydrogens (tertiary/aromatic N) is 9. The minimum atomic E-state index is -0.103. The van der Waals surface area contributed by atoms with Crippen LogP contribution >= 0.6 is 0 Å². The molecule has 0 aliphatic carbocycles. The number of hydrogen-bond acceptors (Lipinski definition) is 8. The zero-order chi connectivity index (χ0) is 22.1. The van der Waals surface area contributed by atoms with Gasteiger partial charge in [-0.25, -0.2) is 24.3 Å². The fraction of sp³-hybridized carbons (Fsp3) is 0.364. The SMILES string of the molecule is Cc1cc(C)n(-c2ccc(=O)n(CCN3CCN(c4ncnc5ncccc45)CC3)n2)n1. The van der Waals surface area contributed by atoms with Crippen LogP contribution in [-0.4, -0.2) is 72.1 Å². The molecule has 10 heteroatoms. The maximum Gasteiger partial charge on any atom is 0.266 e. The summed E-state index contributed by atoms with van der Waals surface area (Å²) in [7, 11) is 0. The Balaban J connectivity index is 1.24. The van der Waals surface area contributed by atoms with Gasteiger partial charge in [-0.1, -0.05) is 0 Å². The summed E-state index contributed by atoms with van der Waals surface area (Å²) in [6, 6.07) is 9.20. The van der Waals surface area contributed by atoms with Gasteiger partial charge in [0.05, 0.1) is 17.6 Å². The Labute approximate surface area is 185 Å². The third-order valence-corrected chi connectivity index (χ3v) is 5.77. The minimum absolute atomic E-state index is 0.103. The maximum atomic E-state index is 12.4. The van der Waals surface area contributed by atoms with Crippen LogP contribution < -0.4 is 10.5 Å². The van der Waals surface area contributed by atoms with Crippen molar-refractivity contribution in [2.24, 2.45) is 0 Å². The summed E-state index contributed by atoms with van der Waals surface area (Å²) in [5.41, 5.74) is 2.53. The lowest BCUT2D eigenvalue weighted by Gasteiger charge is -2.35. The van der Waals surface area contributed by atoms with Crippen molar-refractivity contribution in [3.05, 3.63) is 64.6 Å². The van der Waals surface area contributed by atoms with Gasteiger partial charge in [-0.05, 0) is 38.1 Å². The van der Waals surface area contributed by atoms with E-state index in [1.54, 1.807) is 29.3 Å². The van der Waals surface area contributed by atoms with Gasteiger partial charge in [-0.3, -0.25) is 9.69 Å². The van der Waals surface area contributed by atoms with Crippen molar-refractivity contribution in [1.82, 2.24) is 39.4 Å². The van der Waals surface area contributed by atoms with Crippen molar-refractivity contribution in [3.8, 4) is 5.82 Å². The zero-order valence-electron chi connectivity index (χ0n) is 18.2. The molecule has 0 spiro atoms. The predicted molar refractivity (Wildman–Crippen MR) is 121 cm³/mol. The number of rotatable bonds is 5. The van der Waals surface area contributed by atoms with E-state index in [0.29, 0.717) is 18.0 Å². The summed E-state index contributed by atoms with van der Waals surface area (Å²) < 4.78 is 3.30. The summed E-state index contributed by atoms with van der Waals surface area (Å²) in [5.74, 6) is 1.59. The van der Waals surface area contributed by atoms with E-state index in [9.17, 15) is 4.79 Å². The molecule has 0 saturated carbocycles. The summed E-state index contributed by atoms with van der Waals surface area (Å²) in [4.78, 5) is 30.1. The molecule has 10 nitrogen and oxygen atoms in total. The van der Waals surface area contributed by atoms with Crippen LogP contribution in [0.15, 0.2) is 47.7 Å².